The van der Waals surface area contributed by atoms with Gasteiger partial charge in [-0.3, -0.25) is 9.59 Å². The normalized spacial score (nSPS) is 13.4. The molecule has 0 fully saturated rings. The molecule has 0 aliphatic heterocycles. The third-order valence-electron chi connectivity index (χ3n) is 4.31. The first-order valence-electron chi connectivity index (χ1n) is 8.67. The van der Waals surface area contributed by atoms with Crippen molar-refractivity contribution in [1.29, 1.82) is 0 Å². The zero-order valence-electron chi connectivity index (χ0n) is 15.5. The van der Waals surface area contributed by atoms with Crippen LogP contribution < -0.4 is 5.73 Å². The number of anilines is 1. The lowest BCUT2D eigenvalue weighted by molar-refractivity contribution is -0.152. The molecule has 2 aromatic heterocycles. The number of thioether (sulfide) groups is 1. The Labute approximate surface area is 170 Å². The van der Waals surface area contributed by atoms with Crippen LogP contribution in [0.1, 0.15) is 32.6 Å². The summed E-state index contributed by atoms with van der Waals surface area (Å²) in [5.74, 6) is 0.577. The number of nitrogen functional groups attached to an aromatic ring is 1. The number of nitrogens with zero attached hydrogens (tertiary/aromatic N) is 4. The highest BCUT2D eigenvalue weighted by Gasteiger charge is 2.41. The molecule has 0 aliphatic carbocycles. The molecule has 0 spiro atoms. The lowest BCUT2D eigenvalue weighted by Gasteiger charge is -2.21. The molecule has 8 nitrogen and oxygen atoms in total. The number of rotatable bonds is 10. The zero-order valence-corrected chi connectivity index (χ0v) is 17.9. The van der Waals surface area contributed by atoms with E-state index in [1.165, 1.54) is 25.2 Å². The van der Waals surface area contributed by atoms with Gasteiger partial charge in [-0.1, -0.05) is 40.5 Å². The first kappa shape index (κ1) is 21.6. The van der Waals surface area contributed by atoms with E-state index in [0.29, 0.717) is 17.1 Å². The maximum Gasteiger partial charge on any atom is 0.320 e. The van der Waals surface area contributed by atoms with Gasteiger partial charge in [0.1, 0.15) is 17.3 Å². The second-order valence-electron chi connectivity index (χ2n) is 6.38. The van der Waals surface area contributed by atoms with Gasteiger partial charge in [-0.05, 0) is 19.8 Å². The van der Waals surface area contributed by atoms with E-state index >= 15 is 0 Å². The molecule has 0 bridgehead atoms. The van der Waals surface area contributed by atoms with Crippen molar-refractivity contribution in [2.75, 3.05) is 23.9 Å². The average Bonchev–Trinajstić information content (AvgIpc) is 3.10. The summed E-state index contributed by atoms with van der Waals surface area (Å²) in [6.45, 7) is 2.41. The number of methoxy groups -OCH3 is 1. The molecule has 2 N–H and O–H groups in total. The summed E-state index contributed by atoms with van der Waals surface area (Å²) in [6.07, 6.45) is 7.11. The molecule has 0 saturated heterocycles. The lowest BCUT2D eigenvalue weighted by atomic mass is 9.96. The predicted octanol–water partition coefficient (Wildman–Crippen LogP) is 2.80. The Bertz CT molecular complexity index is 800. The Balaban J connectivity index is 1.68. The van der Waals surface area contributed by atoms with Gasteiger partial charge in [0.2, 0.25) is 5.12 Å². The second kappa shape index (κ2) is 10.0. The number of aromatic nitrogens is 4. The van der Waals surface area contributed by atoms with Crippen molar-refractivity contribution < 1.29 is 14.3 Å². The van der Waals surface area contributed by atoms with Crippen LogP contribution in [0.5, 0.6) is 0 Å². The van der Waals surface area contributed by atoms with Crippen LogP contribution in [0.15, 0.2) is 12.7 Å². The van der Waals surface area contributed by atoms with Crippen molar-refractivity contribution in [3.8, 4) is 0 Å². The van der Waals surface area contributed by atoms with Crippen molar-refractivity contribution in [3.05, 3.63) is 12.7 Å². The van der Waals surface area contributed by atoms with E-state index in [0.717, 1.165) is 37.9 Å². The Morgan fingerprint density at radius 3 is 2.70 bits per heavy atom. The molecule has 2 aromatic rings. The summed E-state index contributed by atoms with van der Waals surface area (Å²) in [5.41, 5.74) is 6.03. The minimum Gasteiger partial charge on any atom is -0.468 e. The van der Waals surface area contributed by atoms with Crippen LogP contribution >= 0.6 is 27.7 Å². The molecule has 10 heteroatoms. The molecule has 27 heavy (non-hydrogen) atoms. The molecule has 0 aliphatic rings. The van der Waals surface area contributed by atoms with Gasteiger partial charge in [-0.2, -0.15) is 0 Å². The number of ether oxygens (including phenoxy) is 1. The number of carbonyl (C=O) groups is 2. The third-order valence-corrected chi connectivity index (χ3v) is 6.64. The van der Waals surface area contributed by atoms with E-state index in [1.807, 2.05) is 4.57 Å². The van der Waals surface area contributed by atoms with Crippen LogP contribution in [-0.2, 0) is 20.9 Å². The number of alkyl halides is 1. The first-order valence-corrected chi connectivity index (χ1v) is 10.8. The second-order valence-corrected chi connectivity index (χ2v) is 8.00. The molecule has 0 amide bonds. The van der Waals surface area contributed by atoms with Gasteiger partial charge >= 0.3 is 5.97 Å². The summed E-state index contributed by atoms with van der Waals surface area (Å²) in [6, 6.07) is 0. The molecule has 148 valence electrons. The molecule has 0 saturated carbocycles. The average molecular weight is 458 g/mol. The van der Waals surface area contributed by atoms with Gasteiger partial charge in [-0.25, -0.2) is 15.0 Å². The van der Waals surface area contributed by atoms with E-state index < -0.39 is 11.4 Å². The van der Waals surface area contributed by atoms with E-state index in [4.69, 9.17) is 10.5 Å². The summed E-state index contributed by atoms with van der Waals surface area (Å²) in [4.78, 5) is 36.5. The van der Waals surface area contributed by atoms with Crippen LogP contribution in [0.4, 0.5) is 5.82 Å². The number of halogens is 1. The Morgan fingerprint density at radius 1 is 1.26 bits per heavy atom. The molecule has 2 rings (SSSR count). The minimum absolute atomic E-state index is 0.159. The fourth-order valence-electron chi connectivity index (χ4n) is 2.54. The SMILES string of the molecule is COC(=O)C(C)(CBr)C(=O)SCCCCCCn1cnc2c(N)ncnc21. The van der Waals surface area contributed by atoms with E-state index in [1.54, 1.807) is 13.3 Å². The third kappa shape index (κ3) is 5.19. The van der Waals surface area contributed by atoms with Gasteiger partial charge in [0, 0.05) is 17.6 Å². The smallest absolute Gasteiger partial charge is 0.320 e. The summed E-state index contributed by atoms with van der Waals surface area (Å²) < 4.78 is 6.71. The van der Waals surface area contributed by atoms with E-state index in [2.05, 4.69) is 30.9 Å². The van der Waals surface area contributed by atoms with Gasteiger partial charge in [0.05, 0.1) is 13.4 Å². The largest absolute Gasteiger partial charge is 0.468 e. The number of esters is 1. The number of fused-ring (bicyclic) bond motifs is 1. The van der Waals surface area contributed by atoms with Gasteiger partial charge in [-0.15, -0.1) is 0 Å². The molecular weight excluding hydrogens is 434 g/mol. The molecule has 0 radical (unpaired) electrons. The number of imidazole rings is 1. The van der Waals surface area contributed by atoms with Crippen molar-refractivity contribution in [2.24, 2.45) is 5.41 Å². The fraction of sp³-hybridized carbons (Fsp3) is 0.588. The van der Waals surface area contributed by atoms with Crippen LogP contribution in [-0.4, -0.2) is 48.8 Å². The number of unbranched alkanes of at least 4 members (excludes halogenated alkanes) is 3. The maximum atomic E-state index is 12.3. The Hall–Kier alpha value is -1.68. The standard InChI is InChI=1S/C17H24BrN5O3S/c1-17(9-18,15(24)26-2)16(25)27-8-6-4-3-5-7-23-11-22-12-13(19)20-10-21-14(12)23/h10-11H,3-9H2,1-2H3,(H2,19,20,21). The van der Waals surface area contributed by atoms with Crippen LogP contribution in [0.25, 0.3) is 11.2 Å². The van der Waals surface area contributed by atoms with Crippen molar-refractivity contribution >= 4 is 55.8 Å². The summed E-state index contributed by atoms with van der Waals surface area (Å²) in [5, 5.41) is 0.0965. The maximum absolute atomic E-state index is 12.3. The molecule has 0 aromatic carbocycles. The Kier molecular flexibility index (Phi) is 8.03. The highest BCUT2D eigenvalue weighted by molar-refractivity contribution is 9.09. The monoisotopic (exact) mass is 457 g/mol. The quantitative estimate of drug-likeness (QED) is 0.250. The van der Waals surface area contributed by atoms with Gasteiger partial charge in [0.15, 0.2) is 11.5 Å². The minimum atomic E-state index is -1.13. The zero-order chi connectivity index (χ0) is 19.9. The predicted molar refractivity (Wildman–Crippen MR) is 110 cm³/mol. The Morgan fingerprint density at radius 2 is 2.00 bits per heavy atom. The number of carbonyl (C=O) groups excluding carboxylic acids is 2. The van der Waals surface area contributed by atoms with Crippen molar-refractivity contribution in [1.82, 2.24) is 19.5 Å². The number of nitrogens with two attached hydrogens (primary N) is 1. The number of aryl methyl sites for hydroxylation is 1. The van der Waals surface area contributed by atoms with Gasteiger partial charge in [0.25, 0.3) is 0 Å². The van der Waals surface area contributed by atoms with Crippen LogP contribution in [0.2, 0.25) is 0 Å². The first-order chi connectivity index (χ1) is 12.9. The van der Waals surface area contributed by atoms with Gasteiger partial charge < -0.3 is 15.0 Å². The molecular formula is C17H24BrN5O3S. The highest BCUT2D eigenvalue weighted by atomic mass is 79.9. The van der Waals surface area contributed by atoms with Crippen LogP contribution in [0.3, 0.4) is 0 Å². The highest BCUT2D eigenvalue weighted by Crippen LogP contribution is 2.29. The summed E-state index contributed by atoms with van der Waals surface area (Å²) in [7, 11) is 1.30. The van der Waals surface area contributed by atoms with Crippen molar-refractivity contribution in [2.45, 2.75) is 39.2 Å². The molecule has 1 atom stereocenters. The molecule has 1 unspecified atom stereocenters. The van der Waals surface area contributed by atoms with Crippen molar-refractivity contribution in [3.63, 3.8) is 0 Å². The summed E-state index contributed by atoms with van der Waals surface area (Å²) >= 11 is 4.43. The van der Waals surface area contributed by atoms with E-state index in [9.17, 15) is 9.59 Å². The number of hydrogen-bond acceptors (Lipinski definition) is 8. The topological polar surface area (TPSA) is 113 Å². The number of hydrogen-bond donors (Lipinski definition) is 1. The van der Waals surface area contributed by atoms with E-state index in [-0.39, 0.29) is 10.4 Å². The van der Waals surface area contributed by atoms with Crippen LogP contribution in [0, 0.1) is 5.41 Å². The fourth-order valence-corrected chi connectivity index (χ4v) is 4.22. The lowest BCUT2D eigenvalue weighted by Crippen LogP contribution is -2.37. The molecule has 2 heterocycles.